The van der Waals surface area contributed by atoms with Crippen molar-refractivity contribution in [3.05, 3.63) is 0 Å². The van der Waals surface area contributed by atoms with Gasteiger partial charge in [0.1, 0.15) is 0 Å². The predicted molar refractivity (Wildman–Crippen MR) is 107 cm³/mol. The van der Waals surface area contributed by atoms with E-state index in [0.29, 0.717) is 0 Å². The molecule has 0 spiro atoms. The normalized spacial score (nSPS) is 13.1. The first-order valence-corrected chi connectivity index (χ1v) is 11.5. The third-order valence-electron chi connectivity index (χ3n) is 5.11. The molecule has 0 amide bonds. The second-order valence-corrected chi connectivity index (χ2v) is 8.88. The third-order valence-corrected chi connectivity index (χ3v) is 6.72. The van der Waals surface area contributed by atoms with Crippen molar-refractivity contribution in [1.82, 2.24) is 4.90 Å². The van der Waals surface area contributed by atoms with Gasteiger partial charge in [0, 0.05) is 10.2 Å². The van der Waals surface area contributed by atoms with Crippen molar-refractivity contribution in [3.63, 3.8) is 0 Å². The summed E-state index contributed by atoms with van der Waals surface area (Å²) in [7, 11) is 5.77. The molecule has 22 heavy (non-hydrogen) atoms. The molecule has 0 fully saturated rings. The van der Waals surface area contributed by atoms with Crippen molar-refractivity contribution in [2.45, 2.75) is 115 Å². The molecule has 0 heterocycles. The SMILES string of the molecule is CCCCCCCCCCCCCCCCCC([SiH3])N(C)C. The number of unbranched alkanes of at least 4 members (excludes halogenated alkanes) is 14. The van der Waals surface area contributed by atoms with Crippen molar-refractivity contribution in [2.75, 3.05) is 14.1 Å². The minimum absolute atomic E-state index is 0.891. The summed E-state index contributed by atoms with van der Waals surface area (Å²) in [5.41, 5.74) is 0.891. The van der Waals surface area contributed by atoms with Gasteiger partial charge >= 0.3 is 0 Å². The first-order valence-electron chi connectivity index (χ1n) is 10.3. The van der Waals surface area contributed by atoms with E-state index in [4.69, 9.17) is 0 Å². The van der Waals surface area contributed by atoms with Gasteiger partial charge in [-0.2, -0.15) is 0 Å². The largest absolute Gasteiger partial charge is 0.310 e. The number of nitrogens with zero attached hydrogens (tertiary/aromatic N) is 1. The first-order chi connectivity index (χ1) is 10.7. The second-order valence-electron chi connectivity index (χ2n) is 7.55. The predicted octanol–water partition coefficient (Wildman–Crippen LogP) is 5.50. The van der Waals surface area contributed by atoms with Gasteiger partial charge in [0.15, 0.2) is 0 Å². The number of rotatable bonds is 17. The van der Waals surface area contributed by atoms with Crippen LogP contribution in [0.4, 0.5) is 0 Å². The molecule has 0 N–H and O–H groups in total. The van der Waals surface area contributed by atoms with Crippen molar-refractivity contribution in [2.24, 2.45) is 0 Å². The summed E-state index contributed by atoms with van der Waals surface area (Å²) in [5.74, 6) is 0. The average molecular weight is 328 g/mol. The highest BCUT2D eigenvalue weighted by Gasteiger charge is 2.03. The molecule has 0 saturated heterocycles. The zero-order valence-corrected chi connectivity index (χ0v) is 18.3. The summed E-state index contributed by atoms with van der Waals surface area (Å²) in [6, 6.07) is 0. The molecule has 0 rings (SSSR count). The summed E-state index contributed by atoms with van der Waals surface area (Å²) in [6.07, 6.45) is 23.4. The minimum Gasteiger partial charge on any atom is -0.310 e. The molecular formula is C20H45NSi. The van der Waals surface area contributed by atoms with Crippen LogP contribution in [0, 0.1) is 0 Å². The zero-order valence-electron chi connectivity index (χ0n) is 16.3. The van der Waals surface area contributed by atoms with Crippen LogP contribution >= 0.6 is 0 Å². The van der Waals surface area contributed by atoms with Crippen LogP contribution in [0.1, 0.15) is 110 Å². The van der Waals surface area contributed by atoms with Crippen molar-refractivity contribution in [1.29, 1.82) is 0 Å². The van der Waals surface area contributed by atoms with E-state index in [1.807, 2.05) is 0 Å². The van der Waals surface area contributed by atoms with Gasteiger partial charge in [-0.25, -0.2) is 0 Å². The van der Waals surface area contributed by atoms with E-state index in [1.165, 1.54) is 113 Å². The van der Waals surface area contributed by atoms with E-state index < -0.39 is 0 Å². The highest BCUT2D eigenvalue weighted by atomic mass is 28.1. The first kappa shape index (κ1) is 22.2. The Labute approximate surface area is 145 Å². The Kier molecular flexibility index (Phi) is 17.7. The van der Waals surface area contributed by atoms with Gasteiger partial charge in [-0.1, -0.05) is 103 Å². The Morgan fingerprint density at radius 3 is 1.23 bits per heavy atom. The molecule has 1 atom stereocenters. The molecule has 2 heteroatoms. The van der Waals surface area contributed by atoms with Crippen LogP contribution < -0.4 is 0 Å². The van der Waals surface area contributed by atoms with Crippen molar-refractivity contribution >= 4 is 10.2 Å². The molecule has 0 radical (unpaired) electrons. The number of hydrogen-bond donors (Lipinski definition) is 0. The summed E-state index contributed by atoms with van der Waals surface area (Å²) >= 11 is 0. The molecule has 0 aromatic carbocycles. The maximum atomic E-state index is 2.40. The molecule has 1 nitrogen and oxygen atoms in total. The highest BCUT2D eigenvalue weighted by Crippen LogP contribution is 2.14. The van der Waals surface area contributed by atoms with E-state index >= 15 is 0 Å². The molecule has 1 unspecified atom stereocenters. The lowest BCUT2D eigenvalue weighted by atomic mass is 10.0. The summed E-state index contributed by atoms with van der Waals surface area (Å²) in [5, 5.41) is 0. The quantitative estimate of drug-likeness (QED) is 0.252. The van der Waals surface area contributed by atoms with Crippen LogP contribution in [0.15, 0.2) is 0 Å². The van der Waals surface area contributed by atoms with Crippen molar-refractivity contribution < 1.29 is 0 Å². The van der Waals surface area contributed by atoms with Gasteiger partial charge in [0.05, 0.1) is 0 Å². The summed E-state index contributed by atoms with van der Waals surface area (Å²) in [4.78, 5) is 2.40. The van der Waals surface area contributed by atoms with Gasteiger partial charge < -0.3 is 4.90 Å². The highest BCUT2D eigenvalue weighted by molar-refractivity contribution is 6.11. The molecule has 0 aliphatic carbocycles. The van der Waals surface area contributed by atoms with Gasteiger partial charge in [-0.15, -0.1) is 0 Å². The van der Waals surface area contributed by atoms with Crippen LogP contribution in [0.5, 0.6) is 0 Å². The molecule has 134 valence electrons. The molecule has 0 aromatic rings. The van der Waals surface area contributed by atoms with E-state index in [1.54, 1.807) is 0 Å². The zero-order chi connectivity index (χ0) is 16.5. The van der Waals surface area contributed by atoms with Gasteiger partial charge in [0.2, 0.25) is 0 Å². The average Bonchev–Trinajstić information content (AvgIpc) is 2.50. The van der Waals surface area contributed by atoms with E-state index in [-0.39, 0.29) is 0 Å². The third kappa shape index (κ3) is 16.5. The fourth-order valence-corrected chi connectivity index (χ4v) is 3.48. The van der Waals surface area contributed by atoms with Crippen LogP contribution in [0.2, 0.25) is 0 Å². The lowest BCUT2D eigenvalue weighted by Gasteiger charge is -2.19. The van der Waals surface area contributed by atoms with E-state index in [2.05, 4.69) is 25.9 Å². The lowest BCUT2D eigenvalue weighted by molar-refractivity contribution is 0.350. The Hall–Kier alpha value is 0.177. The summed E-state index contributed by atoms with van der Waals surface area (Å²) in [6.45, 7) is 2.30. The molecule has 0 aliphatic heterocycles. The minimum atomic E-state index is 0.891. The second kappa shape index (κ2) is 17.5. The van der Waals surface area contributed by atoms with Crippen LogP contribution in [0.3, 0.4) is 0 Å². The van der Waals surface area contributed by atoms with E-state index in [0.717, 1.165) is 5.67 Å². The molecule has 0 aliphatic rings. The number of hydrogen-bond acceptors (Lipinski definition) is 1. The fourth-order valence-electron chi connectivity index (χ4n) is 3.07. The maximum Gasteiger partial charge on any atom is 0.0244 e. The maximum absolute atomic E-state index is 2.40. The Morgan fingerprint density at radius 1 is 0.591 bits per heavy atom. The molecular weight excluding hydrogens is 282 g/mol. The Bertz CT molecular complexity index is 206. The monoisotopic (exact) mass is 327 g/mol. The van der Waals surface area contributed by atoms with E-state index in [9.17, 15) is 0 Å². The smallest absolute Gasteiger partial charge is 0.0244 e. The Balaban J connectivity index is 3.03. The standard InChI is InChI=1S/C20H45NSi/c1-4-5-6-7-8-9-10-11-12-13-14-15-16-17-18-19-20(22)21(2)3/h20H,4-19H2,1-3,22H3. The van der Waals surface area contributed by atoms with Gasteiger partial charge in [-0.05, 0) is 26.2 Å². The van der Waals surface area contributed by atoms with Gasteiger partial charge in [-0.3, -0.25) is 0 Å². The van der Waals surface area contributed by atoms with Crippen molar-refractivity contribution in [3.8, 4) is 0 Å². The topological polar surface area (TPSA) is 3.24 Å². The van der Waals surface area contributed by atoms with Gasteiger partial charge in [0.25, 0.3) is 0 Å². The molecule has 0 bridgehead atoms. The summed E-state index contributed by atoms with van der Waals surface area (Å²) < 4.78 is 0. The van der Waals surface area contributed by atoms with Crippen LogP contribution in [0.25, 0.3) is 0 Å². The van der Waals surface area contributed by atoms with Crippen LogP contribution in [-0.2, 0) is 0 Å². The Morgan fingerprint density at radius 2 is 0.909 bits per heavy atom. The molecule has 0 aromatic heterocycles. The lowest BCUT2D eigenvalue weighted by Crippen LogP contribution is -2.27. The van der Waals surface area contributed by atoms with Crippen LogP contribution in [-0.4, -0.2) is 34.9 Å². The molecule has 0 saturated carbocycles. The fraction of sp³-hybridized carbons (Fsp3) is 1.00.